The lowest BCUT2D eigenvalue weighted by molar-refractivity contribution is -0.117. The highest BCUT2D eigenvalue weighted by Crippen LogP contribution is 2.18. The van der Waals surface area contributed by atoms with Gasteiger partial charge in [-0.15, -0.1) is 0 Å². The first-order chi connectivity index (χ1) is 7.90. The molecule has 0 saturated carbocycles. The van der Waals surface area contributed by atoms with Gasteiger partial charge < -0.3 is 11.1 Å². The van der Waals surface area contributed by atoms with Crippen LogP contribution in [0.2, 0.25) is 0 Å². The third-order valence-corrected chi connectivity index (χ3v) is 3.19. The van der Waals surface area contributed by atoms with E-state index in [9.17, 15) is 4.79 Å². The van der Waals surface area contributed by atoms with Gasteiger partial charge in [-0.25, -0.2) is 0 Å². The summed E-state index contributed by atoms with van der Waals surface area (Å²) in [5, 5.41) is 2.89. The molecule has 0 fully saturated rings. The maximum Gasteiger partial charge on any atom is 0.241 e. The van der Waals surface area contributed by atoms with Crippen LogP contribution in [0.4, 0.5) is 5.69 Å². The van der Waals surface area contributed by atoms with Crippen LogP contribution in [0.1, 0.15) is 25.8 Å². The Labute approximate surface area is 116 Å². The van der Waals surface area contributed by atoms with E-state index in [1.54, 1.807) is 0 Å². The Morgan fingerprint density at radius 1 is 1.47 bits per heavy atom. The number of hydrogen-bond acceptors (Lipinski definition) is 2. The summed E-state index contributed by atoms with van der Waals surface area (Å²) in [4.78, 5) is 11.9. The fourth-order valence-electron chi connectivity index (χ4n) is 1.57. The Kier molecular flexibility index (Phi) is 5.39. The number of carbonyl (C=O) groups excluding carboxylic acids is 1. The molecule has 1 amide bonds. The Morgan fingerprint density at radius 2 is 2.12 bits per heavy atom. The molecule has 1 unspecified atom stereocenters. The number of hydrogen-bond donors (Lipinski definition) is 2. The molecule has 0 aromatic heterocycles. The molecule has 0 aliphatic heterocycles. The van der Waals surface area contributed by atoms with Crippen molar-refractivity contribution in [2.75, 3.05) is 5.32 Å². The molecule has 0 aliphatic rings. The van der Waals surface area contributed by atoms with Crippen molar-refractivity contribution in [3.63, 3.8) is 0 Å². The van der Waals surface area contributed by atoms with E-state index in [0.29, 0.717) is 12.3 Å². The van der Waals surface area contributed by atoms with Crippen LogP contribution < -0.4 is 11.1 Å². The van der Waals surface area contributed by atoms with Crippen molar-refractivity contribution in [1.29, 1.82) is 0 Å². The number of benzene rings is 1. The highest BCUT2D eigenvalue weighted by molar-refractivity contribution is 14.1. The minimum absolute atomic E-state index is 0.108. The van der Waals surface area contributed by atoms with Gasteiger partial charge in [0.2, 0.25) is 5.91 Å². The van der Waals surface area contributed by atoms with E-state index in [-0.39, 0.29) is 5.91 Å². The summed E-state index contributed by atoms with van der Waals surface area (Å²) in [7, 11) is 0. The van der Waals surface area contributed by atoms with Crippen molar-refractivity contribution >= 4 is 34.2 Å². The predicted molar refractivity (Wildman–Crippen MR) is 80.0 cm³/mol. The minimum atomic E-state index is -0.438. The van der Waals surface area contributed by atoms with Gasteiger partial charge in [-0.1, -0.05) is 19.9 Å². The number of carbonyl (C=O) groups is 1. The van der Waals surface area contributed by atoms with E-state index >= 15 is 0 Å². The van der Waals surface area contributed by atoms with Crippen LogP contribution >= 0.6 is 22.6 Å². The Bertz CT molecular complexity index is 404. The summed E-state index contributed by atoms with van der Waals surface area (Å²) in [5.41, 5.74) is 7.74. The van der Waals surface area contributed by atoms with Gasteiger partial charge in [0.05, 0.1) is 6.04 Å². The van der Waals surface area contributed by atoms with Gasteiger partial charge >= 0.3 is 0 Å². The van der Waals surface area contributed by atoms with Crippen LogP contribution in [-0.4, -0.2) is 11.9 Å². The molecule has 0 spiro atoms. The summed E-state index contributed by atoms with van der Waals surface area (Å²) in [6.45, 7) is 6.09. The normalized spacial score (nSPS) is 12.6. The number of anilines is 1. The zero-order chi connectivity index (χ0) is 13.0. The Morgan fingerprint density at radius 3 is 2.71 bits per heavy atom. The van der Waals surface area contributed by atoms with Gasteiger partial charge in [-0.2, -0.15) is 0 Å². The number of rotatable bonds is 4. The molecule has 0 radical (unpaired) electrons. The number of halogens is 1. The maximum absolute atomic E-state index is 11.9. The van der Waals surface area contributed by atoms with Crippen LogP contribution in [0.3, 0.4) is 0 Å². The summed E-state index contributed by atoms with van der Waals surface area (Å²) in [5.74, 6) is 0.316. The molecule has 94 valence electrons. The fraction of sp³-hybridized carbons (Fsp3) is 0.462. The monoisotopic (exact) mass is 346 g/mol. The third-order valence-electron chi connectivity index (χ3n) is 2.52. The van der Waals surface area contributed by atoms with Crippen molar-refractivity contribution in [2.45, 2.75) is 33.2 Å². The van der Waals surface area contributed by atoms with Crippen LogP contribution in [0.5, 0.6) is 0 Å². The lowest BCUT2D eigenvalue weighted by Gasteiger charge is -2.15. The quantitative estimate of drug-likeness (QED) is 0.824. The van der Waals surface area contributed by atoms with Gasteiger partial charge in [-0.3, -0.25) is 4.79 Å². The second-order valence-corrected chi connectivity index (χ2v) is 5.93. The molecule has 0 bridgehead atoms. The second kappa shape index (κ2) is 6.35. The minimum Gasteiger partial charge on any atom is -0.324 e. The molecular formula is C13H19IN2O. The van der Waals surface area contributed by atoms with Gasteiger partial charge in [-0.05, 0) is 59.5 Å². The van der Waals surface area contributed by atoms with Crippen molar-refractivity contribution in [3.05, 3.63) is 27.3 Å². The van der Waals surface area contributed by atoms with Crippen molar-refractivity contribution < 1.29 is 4.79 Å². The number of aryl methyl sites for hydroxylation is 1. The smallest absolute Gasteiger partial charge is 0.241 e. The van der Waals surface area contributed by atoms with Gasteiger partial charge in [0.1, 0.15) is 0 Å². The van der Waals surface area contributed by atoms with Crippen LogP contribution in [-0.2, 0) is 4.79 Å². The summed E-state index contributed by atoms with van der Waals surface area (Å²) in [6.07, 6.45) is 0.703. The fourth-order valence-corrected chi connectivity index (χ4v) is 2.06. The van der Waals surface area contributed by atoms with Crippen molar-refractivity contribution in [2.24, 2.45) is 11.7 Å². The average molecular weight is 346 g/mol. The van der Waals surface area contributed by atoms with E-state index in [2.05, 4.69) is 41.8 Å². The topological polar surface area (TPSA) is 55.1 Å². The zero-order valence-electron chi connectivity index (χ0n) is 10.5. The number of nitrogens with one attached hydrogen (secondary N) is 1. The van der Waals surface area contributed by atoms with Gasteiger partial charge in [0.15, 0.2) is 0 Å². The van der Waals surface area contributed by atoms with Crippen LogP contribution in [0.15, 0.2) is 18.2 Å². The molecule has 0 heterocycles. The molecule has 17 heavy (non-hydrogen) atoms. The van der Waals surface area contributed by atoms with Gasteiger partial charge in [0, 0.05) is 9.26 Å². The first kappa shape index (κ1) is 14.4. The summed E-state index contributed by atoms with van der Waals surface area (Å²) in [6, 6.07) is 5.52. The van der Waals surface area contributed by atoms with E-state index in [4.69, 9.17) is 5.73 Å². The van der Waals surface area contributed by atoms with E-state index in [1.807, 2.05) is 25.1 Å². The van der Waals surface area contributed by atoms with Crippen molar-refractivity contribution in [1.82, 2.24) is 0 Å². The highest BCUT2D eigenvalue weighted by Gasteiger charge is 2.15. The first-order valence-corrected chi connectivity index (χ1v) is 6.80. The standard InChI is InChI=1S/C13H19IN2O/c1-8(2)6-11(15)13(17)16-12-7-10(14)5-4-9(12)3/h4-5,7-8,11H,6,15H2,1-3H3,(H,16,17). The first-order valence-electron chi connectivity index (χ1n) is 5.72. The Hall–Kier alpha value is -0.620. The maximum atomic E-state index is 11.9. The lowest BCUT2D eigenvalue weighted by atomic mass is 10.0. The van der Waals surface area contributed by atoms with E-state index < -0.39 is 6.04 Å². The molecule has 0 aliphatic carbocycles. The molecule has 4 heteroatoms. The Balaban J connectivity index is 2.70. The molecule has 0 saturated heterocycles. The zero-order valence-corrected chi connectivity index (χ0v) is 12.6. The van der Waals surface area contributed by atoms with E-state index in [0.717, 1.165) is 14.8 Å². The SMILES string of the molecule is Cc1ccc(I)cc1NC(=O)C(N)CC(C)C. The second-order valence-electron chi connectivity index (χ2n) is 4.68. The van der Waals surface area contributed by atoms with Crippen LogP contribution in [0, 0.1) is 16.4 Å². The molecule has 3 nitrogen and oxygen atoms in total. The third kappa shape index (κ3) is 4.63. The summed E-state index contributed by atoms with van der Waals surface area (Å²) >= 11 is 2.22. The predicted octanol–water partition coefficient (Wildman–Crippen LogP) is 2.91. The molecule has 1 aromatic carbocycles. The molecule has 1 rings (SSSR count). The lowest BCUT2D eigenvalue weighted by Crippen LogP contribution is -2.36. The average Bonchev–Trinajstić information content (AvgIpc) is 2.22. The molecule has 1 atom stereocenters. The molecule has 1 aromatic rings. The highest BCUT2D eigenvalue weighted by atomic mass is 127. The largest absolute Gasteiger partial charge is 0.324 e. The van der Waals surface area contributed by atoms with E-state index in [1.165, 1.54) is 0 Å². The van der Waals surface area contributed by atoms with Crippen LogP contribution in [0.25, 0.3) is 0 Å². The molecular weight excluding hydrogens is 327 g/mol. The number of amides is 1. The molecule has 3 N–H and O–H groups in total. The van der Waals surface area contributed by atoms with Gasteiger partial charge in [0.25, 0.3) is 0 Å². The summed E-state index contributed by atoms with van der Waals surface area (Å²) < 4.78 is 1.10. The number of nitrogens with two attached hydrogens (primary N) is 1. The van der Waals surface area contributed by atoms with Crippen molar-refractivity contribution in [3.8, 4) is 0 Å².